The van der Waals surface area contributed by atoms with Gasteiger partial charge in [0, 0.05) is 17.3 Å². The van der Waals surface area contributed by atoms with E-state index in [0.29, 0.717) is 34.6 Å². The number of carbonyl (C=O) groups is 1. The van der Waals surface area contributed by atoms with Crippen molar-refractivity contribution in [2.24, 2.45) is 0 Å². The molecule has 3 aromatic rings. The highest BCUT2D eigenvalue weighted by Crippen LogP contribution is 2.45. The Kier molecular flexibility index (Phi) is 5.79. The van der Waals surface area contributed by atoms with Crippen LogP contribution in [0.15, 0.2) is 36.7 Å². The van der Waals surface area contributed by atoms with Crippen molar-refractivity contribution in [2.45, 2.75) is 30.2 Å². The van der Waals surface area contributed by atoms with E-state index in [2.05, 4.69) is 28.4 Å². The maximum Gasteiger partial charge on any atom is 0.248 e. The number of H-pyrrole nitrogens is 1. The third kappa shape index (κ3) is 3.86. The van der Waals surface area contributed by atoms with E-state index in [1.54, 1.807) is 18.5 Å². The van der Waals surface area contributed by atoms with Gasteiger partial charge in [-0.05, 0) is 48.6 Å². The number of aromatic amines is 1. The average Bonchev–Trinajstić information content (AvgIpc) is 3.14. The fourth-order valence-electron chi connectivity index (χ4n) is 3.58. The Balaban J connectivity index is 1.64. The zero-order valence-corrected chi connectivity index (χ0v) is 18.8. The first-order valence-corrected chi connectivity index (χ1v) is 11.0. The summed E-state index contributed by atoms with van der Waals surface area (Å²) >= 11 is 6.33. The summed E-state index contributed by atoms with van der Waals surface area (Å²) in [5.41, 5.74) is 3.36. The molecule has 0 saturated carbocycles. The topological polar surface area (TPSA) is 58.2 Å². The van der Waals surface area contributed by atoms with E-state index >= 15 is 4.39 Å². The number of nitrogens with zero attached hydrogens (tertiary/aromatic N) is 2. The van der Waals surface area contributed by atoms with Crippen LogP contribution < -0.4 is 9.64 Å². The molecule has 9 heteroatoms. The summed E-state index contributed by atoms with van der Waals surface area (Å²) in [5, 5.41) is -0.471. The standard InChI is InChI=1S/C20H21ClFN3O2P2/c1-10-6-12(27-5-4-16(28)29)8-13(22)17(10)19-18(21)20(26)25(19)11-2-3-14-15(7-11)24-9-23-14/h2-3,6-9,16,18-19H,4-5,28-29H2,1H3,(H,23,24)/t18-,19+/m1/s1. The van der Waals surface area contributed by atoms with E-state index < -0.39 is 17.2 Å². The van der Waals surface area contributed by atoms with E-state index in [9.17, 15) is 4.79 Å². The lowest BCUT2D eigenvalue weighted by Crippen LogP contribution is -2.57. The molecule has 2 unspecified atom stereocenters. The molecule has 0 spiro atoms. The summed E-state index contributed by atoms with van der Waals surface area (Å²) in [6, 6.07) is 8.01. The summed E-state index contributed by atoms with van der Waals surface area (Å²) < 4.78 is 20.7. The molecule has 29 heavy (non-hydrogen) atoms. The second-order valence-corrected chi connectivity index (χ2v) is 10.0. The molecule has 2 heterocycles. The van der Waals surface area contributed by atoms with Crippen LogP contribution in [0.2, 0.25) is 0 Å². The summed E-state index contributed by atoms with van der Waals surface area (Å²) in [6.45, 7) is 2.30. The quantitative estimate of drug-likeness (QED) is 0.340. The second-order valence-electron chi connectivity index (χ2n) is 7.10. The Bertz CT molecular complexity index is 1050. The molecule has 1 amide bonds. The molecule has 1 saturated heterocycles. The lowest BCUT2D eigenvalue weighted by atomic mass is 9.89. The minimum absolute atomic E-state index is 0.249. The number of anilines is 1. The number of alkyl halides is 1. The molecule has 0 radical (unpaired) electrons. The molecule has 1 aliphatic heterocycles. The summed E-state index contributed by atoms with van der Waals surface area (Å²) in [6.07, 6.45) is 2.41. The number of β-lactam (4-membered cyclic amide) rings is 1. The predicted octanol–water partition coefficient (Wildman–Crippen LogP) is 4.55. The van der Waals surface area contributed by atoms with Gasteiger partial charge >= 0.3 is 0 Å². The van der Waals surface area contributed by atoms with Gasteiger partial charge in [-0.25, -0.2) is 9.37 Å². The fraction of sp³-hybridized carbons (Fsp3) is 0.300. The Morgan fingerprint density at radius 1 is 1.34 bits per heavy atom. The Morgan fingerprint density at radius 3 is 2.86 bits per heavy atom. The van der Waals surface area contributed by atoms with E-state index in [1.165, 1.54) is 11.0 Å². The minimum atomic E-state index is -0.817. The van der Waals surface area contributed by atoms with Crippen LogP contribution in [-0.2, 0) is 4.79 Å². The van der Waals surface area contributed by atoms with Gasteiger partial charge in [-0.15, -0.1) is 30.1 Å². The lowest BCUT2D eigenvalue weighted by molar-refractivity contribution is -0.123. The highest BCUT2D eigenvalue weighted by Gasteiger charge is 2.49. The van der Waals surface area contributed by atoms with Crippen LogP contribution in [0.4, 0.5) is 10.1 Å². The number of ether oxygens (including phenoxy) is 1. The Hall–Kier alpha value is -1.74. The highest BCUT2D eigenvalue weighted by atomic mass is 35.5. The molecule has 4 atom stereocenters. The first kappa shape index (κ1) is 20.5. The largest absolute Gasteiger partial charge is 0.493 e. The van der Waals surface area contributed by atoms with Crippen LogP contribution in [0.5, 0.6) is 5.75 Å². The van der Waals surface area contributed by atoms with Gasteiger partial charge < -0.3 is 14.6 Å². The van der Waals surface area contributed by atoms with Crippen molar-refractivity contribution in [1.82, 2.24) is 9.97 Å². The van der Waals surface area contributed by atoms with Crippen LogP contribution in [0.25, 0.3) is 11.0 Å². The van der Waals surface area contributed by atoms with Crippen LogP contribution in [0, 0.1) is 12.7 Å². The number of fused-ring (bicyclic) bond motifs is 1. The number of hydrogen-bond acceptors (Lipinski definition) is 3. The predicted molar refractivity (Wildman–Crippen MR) is 120 cm³/mol. The second kappa shape index (κ2) is 8.18. The van der Waals surface area contributed by atoms with Crippen molar-refractivity contribution in [2.75, 3.05) is 11.5 Å². The van der Waals surface area contributed by atoms with Crippen molar-refractivity contribution in [3.8, 4) is 5.75 Å². The first-order chi connectivity index (χ1) is 13.9. The van der Waals surface area contributed by atoms with Crippen LogP contribution in [0.1, 0.15) is 23.6 Å². The number of benzene rings is 2. The normalized spacial score (nSPS) is 19.1. The summed E-state index contributed by atoms with van der Waals surface area (Å²) in [5.74, 6) is -0.202. The van der Waals surface area contributed by atoms with Crippen LogP contribution in [0.3, 0.4) is 0 Å². The number of amides is 1. The molecule has 1 N–H and O–H groups in total. The fourth-order valence-corrected chi connectivity index (χ4v) is 4.20. The third-order valence-corrected chi connectivity index (χ3v) is 6.13. The van der Waals surface area contributed by atoms with Crippen molar-refractivity contribution < 1.29 is 13.9 Å². The van der Waals surface area contributed by atoms with Crippen LogP contribution in [-0.4, -0.2) is 33.3 Å². The molecule has 1 fully saturated rings. The van der Waals surface area contributed by atoms with Crippen molar-refractivity contribution in [1.29, 1.82) is 0 Å². The van der Waals surface area contributed by atoms with Gasteiger partial charge in [-0.3, -0.25) is 4.79 Å². The molecule has 1 aromatic heterocycles. The highest BCUT2D eigenvalue weighted by molar-refractivity contribution is 7.37. The molecule has 2 aromatic carbocycles. The molecule has 152 valence electrons. The monoisotopic (exact) mass is 451 g/mol. The number of hydrogen-bond donors (Lipinski definition) is 1. The van der Waals surface area contributed by atoms with Gasteiger partial charge in [0.25, 0.3) is 0 Å². The molecular weight excluding hydrogens is 431 g/mol. The first-order valence-electron chi connectivity index (χ1n) is 9.21. The number of aryl methyl sites for hydroxylation is 1. The SMILES string of the molecule is Cc1cc(OCCC(P)P)cc(F)c1[C@H]1[C@@H](Cl)C(=O)N1c1ccc2nc[nH]c2c1. The van der Waals surface area contributed by atoms with Gasteiger partial charge in [0.1, 0.15) is 16.9 Å². The number of imidazole rings is 1. The van der Waals surface area contributed by atoms with E-state index in [4.69, 9.17) is 16.3 Å². The number of halogens is 2. The maximum atomic E-state index is 15.1. The van der Waals surface area contributed by atoms with Gasteiger partial charge in [0.15, 0.2) is 0 Å². The van der Waals surface area contributed by atoms with Gasteiger partial charge in [-0.1, -0.05) is 0 Å². The van der Waals surface area contributed by atoms with Gasteiger partial charge in [0.05, 0.1) is 30.0 Å². The minimum Gasteiger partial charge on any atom is -0.493 e. The summed E-state index contributed by atoms with van der Waals surface area (Å²) in [4.78, 5) is 21.3. The van der Waals surface area contributed by atoms with E-state index in [1.807, 2.05) is 19.1 Å². The van der Waals surface area contributed by atoms with E-state index in [0.717, 1.165) is 17.5 Å². The summed E-state index contributed by atoms with van der Waals surface area (Å²) in [7, 11) is 5.35. The van der Waals surface area contributed by atoms with Crippen molar-refractivity contribution in [3.63, 3.8) is 0 Å². The van der Waals surface area contributed by atoms with Gasteiger partial charge in [-0.2, -0.15) is 0 Å². The molecular formula is C20H21ClFN3O2P2. The number of carbonyl (C=O) groups excluding carboxylic acids is 1. The average molecular weight is 452 g/mol. The lowest BCUT2D eigenvalue weighted by Gasteiger charge is -2.45. The number of aromatic nitrogens is 2. The zero-order valence-electron chi connectivity index (χ0n) is 15.7. The van der Waals surface area contributed by atoms with Gasteiger partial charge in [0.2, 0.25) is 5.91 Å². The smallest absolute Gasteiger partial charge is 0.248 e. The van der Waals surface area contributed by atoms with Crippen LogP contribution >= 0.6 is 30.1 Å². The molecule has 5 nitrogen and oxygen atoms in total. The number of nitrogens with one attached hydrogen (secondary N) is 1. The molecule has 4 rings (SSSR count). The number of rotatable bonds is 6. The van der Waals surface area contributed by atoms with Crippen molar-refractivity contribution in [3.05, 3.63) is 53.6 Å². The Labute approximate surface area is 177 Å². The molecule has 1 aliphatic rings. The third-order valence-electron chi connectivity index (χ3n) is 5.04. The molecule has 0 aliphatic carbocycles. The van der Waals surface area contributed by atoms with E-state index in [-0.39, 0.29) is 5.91 Å². The zero-order chi connectivity index (χ0) is 20.7. The van der Waals surface area contributed by atoms with Crippen molar-refractivity contribution >= 4 is 52.7 Å². The molecule has 0 bridgehead atoms. The maximum absolute atomic E-state index is 15.1. The Morgan fingerprint density at radius 2 is 2.14 bits per heavy atom.